The van der Waals surface area contributed by atoms with Crippen molar-refractivity contribution in [2.75, 3.05) is 16.0 Å². The number of aliphatic hydroxyl groups excluding tert-OH is 1. The minimum absolute atomic E-state index is 0.0142. The Morgan fingerprint density at radius 3 is 1.65 bits per heavy atom. The zero-order valence-electron chi connectivity index (χ0n) is 32.9. The van der Waals surface area contributed by atoms with Crippen LogP contribution in [-0.2, 0) is 41.8 Å². The first-order valence-corrected chi connectivity index (χ1v) is 22.0. The molecule has 15 rings (SSSR count). The van der Waals surface area contributed by atoms with Crippen LogP contribution >= 0.6 is 23.2 Å². The molecule has 5 aliphatic carbocycles. The average molecular weight is 840 g/mol. The van der Waals surface area contributed by atoms with Crippen LogP contribution in [0.25, 0.3) is 54.9 Å². The Kier molecular flexibility index (Phi) is 6.08. The number of nitrogens with zero attached hydrogens (tertiary/aromatic N) is 1. The number of rotatable bonds is 1. The van der Waals surface area contributed by atoms with E-state index in [2.05, 4.69) is 113 Å². The molecule has 0 atom stereocenters. The number of aliphatic hydroxyl groups is 1. The number of anilines is 3. The lowest BCUT2D eigenvalue weighted by atomic mass is 9.78. The normalized spacial score (nSPS) is 18.6. The quantitative estimate of drug-likeness (QED) is 0.132. The number of nitrogens with one attached hydrogen (secondary N) is 3. The lowest BCUT2D eigenvalue weighted by molar-refractivity contribution is -0.109. The molecule has 0 saturated heterocycles. The molecule has 0 bridgehead atoms. The van der Waals surface area contributed by atoms with Crippen molar-refractivity contribution in [3.8, 4) is 22.3 Å². The highest BCUT2D eigenvalue weighted by Crippen LogP contribution is 2.58. The van der Waals surface area contributed by atoms with Crippen molar-refractivity contribution in [2.45, 2.75) is 37.0 Å². The lowest BCUT2D eigenvalue weighted by Gasteiger charge is -2.42. The number of benzene rings is 8. The van der Waals surface area contributed by atoms with Crippen molar-refractivity contribution in [2.24, 2.45) is 4.99 Å². The zero-order chi connectivity index (χ0) is 41.0. The fraction of sp³-hybridized carbons (Fsp3) is 0.111. The number of ketones is 1. The van der Waals surface area contributed by atoms with Gasteiger partial charge in [-0.05, 0) is 105 Å². The van der Waals surface area contributed by atoms with Crippen LogP contribution in [0.2, 0.25) is 10.0 Å². The van der Waals surface area contributed by atoms with Gasteiger partial charge in [-0.25, -0.2) is 4.99 Å². The molecule has 0 fully saturated rings. The maximum Gasteiger partial charge on any atom is 0.201 e. The molecular formula is C54H32Cl2N4O2. The van der Waals surface area contributed by atoms with Crippen LogP contribution in [0, 0.1) is 0 Å². The number of allylic oxidation sites excluding steroid dienone is 2. The van der Waals surface area contributed by atoms with Crippen LogP contribution < -0.4 is 26.5 Å². The molecule has 7 aliphatic rings. The first-order valence-electron chi connectivity index (χ1n) is 21.3. The molecule has 0 amide bonds. The van der Waals surface area contributed by atoms with Gasteiger partial charge in [0.25, 0.3) is 0 Å². The molecule has 6 nitrogen and oxygen atoms in total. The third-order valence-electron chi connectivity index (χ3n) is 14.9. The van der Waals surface area contributed by atoms with E-state index in [4.69, 9.17) is 28.2 Å². The van der Waals surface area contributed by atoms with Crippen molar-refractivity contribution in [3.05, 3.63) is 198 Å². The van der Waals surface area contributed by atoms with Gasteiger partial charge < -0.3 is 21.1 Å². The Labute approximate surface area is 364 Å². The van der Waals surface area contributed by atoms with Gasteiger partial charge in [-0.15, -0.1) is 0 Å². The maximum absolute atomic E-state index is 15.3. The average Bonchev–Trinajstić information content (AvgIpc) is 4.05. The molecule has 0 saturated carbocycles. The second-order valence-electron chi connectivity index (χ2n) is 17.7. The molecule has 8 heteroatoms. The summed E-state index contributed by atoms with van der Waals surface area (Å²) in [4.78, 5) is 21.1. The van der Waals surface area contributed by atoms with Gasteiger partial charge in [0.05, 0.1) is 22.2 Å². The molecule has 294 valence electrons. The Morgan fingerprint density at radius 2 is 1.05 bits per heavy atom. The Bertz CT molecular complexity index is 3660. The minimum atomic E-state index is -0.973. The highest BCUT2D eigenvalue weighted by atomic mass is 35.5. The summed E-state index contributed by atoms with van der Waals surface area (Å²) in [7, 11) is 0. The smallest absolute Gasteiger partial charge is 0.201 e. The topological polar surface area (TPSA) is 85.8 Å². The Hall–Kier alpha value is -6.86. The number of aryl methyl sites for hydroxylation is 4. The molecule has 2 heterocycles. The predicted octanol–water partition coefficient (Wildman–Crippen LogP) is 10.8. The molecule has 8 aromatic carbocycles. The van der Waals surface area contributed by atoms with E-state index in [1.807, 2.05) is 24.3 Å². The standard InChI is InChI=1S/C54H32Cl2N4O2/c55-39-23-41-47-43-25(17-19-31(39)43)21-33(49(47)59-53(57-41)35-13-5-1-9-27(35)28-10-2-6-14-36(28)53)45-51(61)46(52(45)62)34-22-26-18-20-32-40(56)24-42-48(44(26)32)50(34)60-54(58-42)37-15-7-3-11-29(37)30-12-4-8-16-38(30)54/h1-16,21-24,57-59,61H,17-20H2/b46-34+. The Balaban J connectivity index is 1.02. The number of Topliss-reactive ketones (excluding diaryl/α,β-unsaturated/α-hetero) is 1. The molecule has 0 radical (unpaired) electrons. The summed E-state index contributed by atoms with van der Waals surface area (Å²) in [5.41, 5.74) is 15.2. The van der Waals surface area contributed by atoms with Gasteiger partial charge in [-0.3, -0.25) is 4.79 Å². The van der Waals surface area contributed by atoms with E-state index in [1.54, 1.807) is 0 Å². The van der Waals surface area contributed by atoms with Gasteiger partial charge >= 0.3 is 0 Å². The monoisotopic (exact) mass is 838 g/mol. The van der Waals surface area contributed by atoms with Gasteiger partial charge in [0, 0.05) is 65.2 Å². The summed E-state index contributed by atoms with van der Waals surface area (Å²) < 4.78 is 0. The van der Waals surface area contributed by atoms with E-state index in [0.29, 0.717) is 27.3 Å². The largest absolute Gasteiger partial charge is 0.506 e. The first kappa shape index (κ1) is 33.8. The minimum Gasteiger partial charge on any atom is -0.506 e. The van der Waals surface area contributed by atoms with Gasteiger partial charge in [0.15, 0.2) is 11.3 Å². The molecule has 2 spiro atoms. The van der Waals surface area contributed by atoms with Crippen molar-refractivity contribution in [1.29, 1.82) is 0 Å². The number of carbonyl (C=O) groups is 1. The summed E-state index contributed by atoms with van der Waals surface area (Å²) in [6, 6.07) is 42.0. The zero-order valence-corrected chi connectivity index (χ0v) is 34.4. The summed E-state index contributed by atoms with van der Waals surface area (Å²) in [6.07, 6.45) is 3.18. The third kappa shape index (κ3) is 3.79. The first-order chi connectivity index (χ1) is 30.3. The lowest BCUT2D eigenvalue weighted by Crippen LogP contribution is -2.45. The second kappa shape index (κ2) is 11.1. The molecular weight excluding hydrogens is 808 g/mol. The number of halogens is 2. The van der Waals surface area contributed by atoms with Crippen molar-refractivity contribution in [3.63, 3.8) is 0 Å². The summed E-state index contributed by atoms with van der Waals surface area (Å²) in [5, 5.41) is 31.5. The third-order valence-corrected chi connectivity index (χ3v) is 15.6. The molecule has 0 aromatic heterocycles. The molecule has 4 N–H and O–H groups in total. The van der Waals surface area contributed by atoms with Gasteiger partial charge in [0.2, 0.25) is 5.78 Å². The Morgan fingerprint density at radius 1 is 0.532 bits per heavy atom. The van der Waals surface area contributed by atoms with E-state index in [1.165, 1.54) is 0 Å². The van der Waals surface area contributed by atoms with Crippen LogP contribution in [0.15, 0.2) is 132 Å². The number of fused-ring (bicyclic) bond motifs is 10. The molecule has 0 unspecified atom stereocenters. The molecule has 62 heavy (non-hydrogen) atoms. The van der Waals surface area contributed by atoms with Gasteiger partial charge in [-0.1, -0.05) is 120 Å². The summed E-state index contributed by atoms with van der Waals surface area (Å²) >= 11 is 14.2. The van der Waals surface area contributed by atoms with Crippen LogP contribution in [0.4, 0.5) is 17.1 Å². The van der Waals surface area contributed by atoms with Crippen LogP contribution in [0.3, 0.4) is 0 Å². The number of hydrogen-bond donors (Lipinski definition) is 4. The predicted molar refractivity (Wildman–Crippen MR) is 248 cm³/mol. The second-order valence-corrected chi connectivity index (χ2v) is 18.5. The fourth-order valence-corrected chi connectivity index (χ4v) is 13.0. The van der Waals surface area contributed by atoms with E-state index < -0.39 is 11.3 Å². The van der Waals surface area contributed by atoms with Gasteiger partial charge in [-0.2, -0.15) is 0 Å². The van der Waals surface area contributed by atoms with Crippen molar-refractivity contribution >= 4 is 78.7 Å². The molecule has 2 aliphatic heterocycles. The maximum atomic E-state index is 15.3. The van der Waals surface area contributed by atoms with Crippen molar-refractivity contribution in [1.82, 2.24) is 0 Å². The van der Waals surface area contributed by atoms with E-state index in [0.717, 1.165) is 141 Å². The van der Waals surface area contributed by atoms with E-state index in [-0.39, 0.29) is 11.5 Å². The van der Waals surface area contributed by atoms with Crippen LogP contribution in [0.1, 0.15) is 50.1 Å². The van der Waals surface area contributed by atoms with Crippen LogP contribution in [-0.4, -0.2) is 10.9 Å². The molecule has 8 aromatic rings. The summed E-state index contributed by atoms with van der Waals surface area (Å²) in [6.45, 7) is 0. The fourth-order valence-electron chi connectivity index (χ4n) is 12.4. The highest BCUT2D eigenvalue weighted by Gasteiger charge is 2.50. The van der Waals surface area contributed by atoms with Crippen LogP contribution in [0.5, 0.6) is 0 Å². The van der Waals surface area contributed by atoms with Crippen molar-refractivity contribution < 1.29 is 9.90 Å². The number of hydrogen-bond acceptors (Lipinski definition) is 6. The SMILES string of the molecule is O=C1C(c2cc3c4c(c(Cl)cc5c4c2NC2(N5)c4ccccc4-c4ccccc42)CC3)=C(O)/C1=c1/cc2c3c(c(Cl)cc4c3c1=NC1(N4)c3ccccc3-c3ccccc31)CC2. The van der Waals surface area contributed by atoms with E-state index in [9.17, 15) is 5.11 Å². The number of carbonyl (C=O) groups excluding carboxylic acids is 1. The van der Waals surface area contributed by atoms with Gasteiger partial charge in [0.1, 0.15) is 5.76 Å². The highest BCUT2D eigenvalue weighted by molar-refractivity contribution is 6.52. The summed E-state index contributed by atoms with van der Waals surface area (Å²) in [5.74, 6) is -0.216. The van der Waals surface area contributed by atoms with E-state index >= 15 is 4.79 Å².